The molecule has 0 unspecified atom stereocenters. The number of hydrogen-bond acceptors (Lipinski definition) is 5. The fourth-order valence-electron chi connectivity index (χ4n) is 3.14. The van der Waals surface area contributed by atoms with Gasteiger partial charge in [0.1, 0.15) is 5.82 Å². The van der Waals surface area contributed by atoms with Gasteiger partial charge in [0.05, 0.1) is 10.6 Å². The van der Waals surface area contributed by atoms with Crippen molar-refractivity contribution in [2.75, 3.05) is 50.1 Å². The number of benzene rings is 1. The molecule has 0 bridgehead atoms. The molecule has 1 aromatic heterocycles. The number of carbonyl (C=O) groups excluding carboxylic acids is 1. The van der Waals surface area contributed by atoms with Gasteiger partial charge in [-0.15, -0.1) is 0 Å². The number of aromatic nitrogens is 1. The zero-order valence-electron chi connectivity index (χ0n) is 16.7. The smallest absolute Gasteiger partial charge is 0.383 e. The number of hydrogen-bond donors (Lipinski definition) is 0. The topological polar surface area (TPSA) is 39.7 Å². The molecule has 0 aliphatic carbocycles. The molecule has 1 aliphatic rings. The van der Waals surface area contributed by atoms with Crippen LogP contribution in [0.4, 0.5) is 24.7 Å². The summed E-state index contributed by atoms with van der Waals surface area (Å²) in [7, 11) is 3.69. The van der Waals surface area contributed by atoms with Crippen LogP contribution in [0.3, 0.4) is 0 Å². The zero-order chi connectivity index (χ0) is 21.9. The second-order valence-electron chi connectivity index (χ2n) is 7.19. The lowest BCUT2D eigenvalue weighted by molar-refractivity contribution is -0.137. The van der Waals surface area contributed by atoms with Crippen LogP contribution in [0.25, 0.3) is 0 Å². The van der Waals surface area contributed by atoms with Crippen LogP contribution in [-0.4, -0.2) is 55.9 Å². The van der Waals surface area contributed by atoms with Crippen molar-refractivity contribution in [1.29, 1.82) is 0 Å². The fourth-order valence-corrected chi connectivity index (χ4v) is 3.43. The summed E-state index contributed by atoms with van der Waals surface area (Å²) in [4.78, 5) is 21.9. The summed E-state index contributed by atoms with van der Waals surface area (Å²) in [6.45, 7) is 2.47. The van der Waals surface area contributed by atoms with E-state index < -0.39 is 11.7 Å². The normalized spacial score (nSPS) is 15.0. The van der Waals surface area contributed by atoms with Gasteiger partial charge in [0.15, 0.2) is 5.78 Å². The molecule has 0 spiro atoms. The highest BCUT2D eigenvalue weighted by atomic mass is 35.5. The summed E-state index contributed by atoms with van der Waals surface area (Å²) in [5, 5.41) is -0.00748. The number of alkyl halides is 3. The summed E-state index contributed by atoms with van der Waals surface area (Å²) >= 11 is 6.06. The standard InChI is InChI=1S/C21H22ClF3N4O/c1-27(2)8-7-19(30)15-3-5-17(6-4-15)28-9-11-29(12-10-28)20-18(22)13-16(14-26-20)21(23,24)25/h3-8,13-14H,9-12H2,1-2H3. The minimum Gasteiger partial charge on any atom is -0.383 e. The first-order valence-electron chi connectivity index (χ1n) is 9.37. The lowest BCUT2D eigenvalue weighted by atomic mass is 10.1. The van der Waals surface area contributed by atoms with Crippen LogP contribution in [0.1, 0.15) is 15.9 Å². The summed E-state index contributed by atoms with van der Waals surface area (Å²) in [5.41, 5.74) is 0.732. The molecular weight excluding hydrogens is 417 g/mol. The number of piperazine rings is 1. The number of allylic oxidation sites excluding steroid dienone is 1. The van der Waals surface area contributed by atoms with E-state index in [1.165, 1.54) is 6.08 Å². The SMILES string of the molecule is CN(C)C=CC(=O)c1ccc(N2CCN(c3ncc(C(F)(F)F)cc3Cl)CC2)cc1. The van der Waals surface area contributed by atoms with Crippen molar-refractivity contribution in [3.63, 3.8) is 0 Å². The maximum atomic E-state index is 12.8. The van der Waals surface area contributed by atoms with Crippen LogP contribution in [0.2, 0.25) is 5.02 Å². The predicted octanol–water partition coefficient (Wildman–Crippen LogP) is 4.34. The second kappa shape index (κ2) is 8.95. The maximum absolute atomic E-state index is 12.8. The van der Waals surface area contributed by atoms with Gasteiger partial charge in [0.2, 0.25) is 0 Å². The van der Waals surface area contributed by atoms with Crippen molar-refractivity contribution in [2.24, 2.45) is 0 Å². The average Bonchev–Trinajstić information content (AvgIpc) is 2.71. The summed E-state index contributed by atoms with van der Waals surface area (Å²) in [5.74, 6) is 0.293. The molecule has 1 saturated heterocycles. The lowest BCUT2D eigenvalue weighted by Gasteiger charge is -2.37. The van der Waals surface area contributed by atoms with Crippen LogP contribution >= 0.6 is 11.6 Å². The largest absolute Gasteiger partial charge is 0.417 e. The number of rotatable bonds is 5. The molecule has 2 aromatic rings. The number of pyridine rings is 1. The van der Waals surface area contributed by atoms with E-state index in [2.05, 4.69) is 9.88 Å². The van der Waals surface area contributed by atoms with Crippen molar-refractivity contribution in [2.45, 2.75) is 6.18 Å². The quantitative estimate of drug-likeness (QED) is 0.513. The third-order valence-electron chi connectivity index (χ3n) is 4.77. The van der Waals surface area contributed by atoms with Crippen LogP contribution in [0, 0.1) is 0 Å². The molecular formula is C21H22ClF3N4O. The molecule has 1 aromatic carbocycles. The second-order valence-corrected chi connectivity index (χ2v) is 7.60. The van der Waals surface area contributed by atoms with E-state index in [-0.39, 0.29) is 10.8 Å². The molecule has 0 radical (unpaired) electrons. The van der Waals surface area contributed by atoms with E-state index in [0.717, 1.165) is 18.0 Å². The van der Waals surface area contributed by atoms with Crippen molar-refractivity contribution in [1.82, 2.24) is 9.88 Å². The number of anilines is 2. The highest BCUT2D eigenvalue weighted by Crippen LogP contribution is 2.34. The van der Waals surface area contributed by atoms with E-state index in [9.17, 15) is 18.0 Å². The molecule has 0 amide bonds. The number of nitrogens with zero attached hydrogens (tertiary/aromatic N) is 4. The maximum Gasteiger partial charge on any atom is 0.417 e. The molecule has 30 heavy (non-hydrogen) atoms. The van der Waals surface area contributed by atoms with Gasteiger partial charge in [-0.2, -0.15) is 13.2 Å². The molecule has 1 fully saturated rings. The monoisotopic (exact) mass is 438 g/mol. The van der Waals surface area contributed by atoms with Gasteiger partial charge in [-0.3, -0.25) is 4.79 Å². The van der Waals surface area contributed by atoms with Gasteiger partial charge in [-0.05, 0) is 30.3 Å². The highest BCUT2D eigenvalue weighted by molar-refractivity contribution is 6.33. The van der Waals surface area contributed by atoms with E-state index in [0.29, 0.717) is 37.6 Å². The molecule has 0 saturated carbocycles. The van der Waals surface area contributed by atoms with Crippen LogP contribution in [0.15, 0.2) is 48.8 Å². The van der Waals surface area contributed by atoms with Crippen LogP contribution in [-0.2, 0) is 6.18 Å². The Morgan fingerprint density at radius 2 is 1.70 bits per heavy atom. The first-order valence-corrected chi connectivity index (χ1v) is 9.74. The lowest BCUT2D eigenvalue weighted by Crippen LogP contribution is -2.47. The van der Waals surface area contributed by atoms with E-state index >= 15 is 0 Å². The third-order valence-corrected chi connectivity index (χ3v) is 5.05. The summed E-state index contributed by atoms with van der Waals surface area (Å²) in [6, 6.07) is 8.29. The summed E-state index contributed by atoms with van der Waals surface area (Å²) < 4.78 is 38.4. The molecule has 0 atom stereocenters. The molecule has 1 aliphatic heterocycles. The van der Waals surface area contributed by atoms with Crippen molar-refractivity contribution >= 4 is 28.9 Å². The zero-order valence-corrected chi connectivity index (χ0v) is 17.4. The number of halogens is 4. The average molecular weight is 439 g/mol. The summed E-state index contributed by atoms with van der Waals surface area (Å²) in [6.07, 6.45) is -0.428. The molecule has 160 valence electrons. The van der Waals surface area contributed by atoms with E-state index in [1.54, 1.807) is 23.2 Å². The Hall–Kier alpha value is -2.74. The van der Waals surface area contributed by atoms with Gasteiger partial charge < -0.3 is 14.7 Å². The molecule has 2 heterocycles. The minimum absolute atomic E-state index is 0.00748. The Morgan fingerprint density at radius 3 is 2.23 bits per heavy atom. The Balaban J connectivity index is 1.62. The first kappa shape index (κ1) is 22.0. The Labute approximate surface area is 178 Å². The van der Waals surface area contributed by atoms with Gasteiger partial charge >= 0.3 is 6.18 Å². The number of carbonyl (C=O) groups is 1. The Morgan fingerprint density at radius 1 is 1.10 bits per heavy atom. The van der Waals surface area contributed by atoms with E-state index in [1.807, 2.05) is 31.1 Å². The molecule has 9 heteroatoms. The number of ketones is 1. The van der Waals surface area contributed by atoms with Gasteiger partial charge in [-0.1, -0.05) is 11.6 Å². The third kappa shape index (κ3) is 5.24. The predicted molar refractivity (Wildman–Crippen MR) is 112 cm³/mol. The molecule has 5 nitrogen and oxygen atoms in total. The first-order chi connectivity index (χ1) is 14.1. The van der Waals surface area contributed by atoms with Crippen LogP contribution in [0.5, 0.6) is 0 Å². The van der Waals surface area contributed by atoms with Crippen molar-refractivity contribution in [3.05, 3.63) is 65.0 Å². The molecule has 3 rings (SSSR count). The van der Waals surface area contributed by atoms with Gasteiger partial charge in [0, 0.05) is 70.0 Å². The molecule has 0 N–H and O–H groups in total. The van der Waals surface area contributed by atoms with Crippen molar-refractivity contribution < 1.29 is 18.0 Å². The highest BCUT2D eigenvalue weighted by Gasteiger charge is 2.32. The minimum atomic E-state index is -4.47. The Bertz CT molecular complexity index is 921. The Kier molecular flexibility index (Phi) is 6.55. The fraction of sp³-hybridized carbons (Fsp3) is 0.333. The van der Waals surface area contributed by atoms with Crippen LogP contribution < -0.4 is 9.80 Å². The van der Waals surface area contributed by atoms with Gasteiger partial charge in [0.25, 0.3) is 0 Å². The van der Waals surface area contributed by atoms with Gasteiger partial charge in [-0.25, -0.2) is 4.98 Å². The van der Waals surface area contributed by atoms with Crippen molar-refractivity contribution in [3.8, 4) is 0 Å². The van der Waals surface area contributed by atoms with E-state index in [4.69, 9.17) is 11.6 Å².